The molecule has 0 bridgehead atoms. The lowest BCUT2D eigenvalue weighted by Gasteiger charge is -2.44. The Labute approximate surface area is 205 Å². The summed E-state index contributed by atoms with van der Waals surface area (Å²) in [5.41, 5.74) is 1.46. The van der Waals surface area contributed by atoms with Gasteiger partial charge in [0.2, 0.25) is 5.91 Å². The molecule has 178 valence electrons. The first-order valence-electron chi connectivity index (χ1n) is 12.3. The second-order valence-corrected chi connectivity index (χ2v) is 10.3. The van der Waals surface area contributed by atoms with E-state index in [2.05, 4.69) is 10.3 Å². The van der Waals surface area contributed by atoms with Crippen LogP contribution in [0.2, 0.25) is 5.02 Å². The second kappa shape index (κ2) is 9.41. The summed E-state index contributed by atoms with van der Waals surface area (Å²) in [6.07, 6.45) is 7.94. The lowest BCUT2D eigenvalue weighted by atomic mass is 9.92. The largest absolute Gasteiger partial charge is 0.351 e. The van der Waals surface area contributed by atoms with Crippen LogP contribution in [0.4, 0.5) is 0 Å². The second-order valence-electron chi connectivity index (χ2n) is 9.82. The van der Waals surface area contributed by atoms with Gasteiger partial charge in [0.25, 0.3) is 5.91 Å². The van der Waals surface area contributed by atoms with Crippen LogP contribution >= 0.6 is 11.6 Å². The van der Waals surface area contributed by atoms with Crippen LogP contribution in [0.1, 0.15) is 68.1 Å². The minimum atomic E-state index is -1.06. The van der Waals surface area contributed by atoms with E-state index < -0.39 is 5.54 Å². The van der Waals surface area contributed by atoms with E-state index in [-0.39, 0.29) is 24.4 Å². The number of hydrogen-bond acceptors (Lipinski definition) is 3. The molecule has 0 radical (unpaired) electrons. The maximum absolute atomic E-state index is 13.9. The summed E-state index contributed by atoms with van der Waals surface area (Å²) in [5.74, 6) is 0.0362. The number of nitrogens with zero attached hydrogens (tertiary/aromatic N) is 3. The van der Waals surface area contributed by atoms with Crippen LogP contribution in [0.3, 0.4) is 0 Å². The lowest BCUT2D eigenvalue weighted by molar-refractivity contribution is -0.134. The zero-order valence-corrected chi connectivity index (χ0v) is 20.4. The van der Waals surface area contributed by atoms with Gasteiger partial charge in [-0.2, -0.15) is 0 Å². The Balaban J connectivity index is 1.52. The van der Waals surface area contributed by atoms with E-state index in [1.807, 2.05) is 60.0 Å². The van der Waals surface area contributed by atoms with Gasteiger partial charge in [-0.3, -0.25) is 9.59 Å². The van der Waals surface area contributed by atoms with Crippen LogP contribution in [0.25, 0.3) is 11.0 Å². The number of carbonyl (C=O) groups is 2. The first-order valence-corrected chi connectivity index (χ1v) is 12.7. The highest BCUT2D eigenvalue weighted by molar-refractivity contribution is 6.30. The van der Waals surface area contributed by atoms with E-state index in [1.165, 1.54) is 19.3 Å². The van der Waals surface area contributed by atoms with Gasteiger partial charge in [0.05, 0.1) is 17.6 Å². The fourth-order valence-electron chi connectivity index (χ4n) is 5.34. The van der Waals surface area contributed by atoms with Crippen LogP contribution in [0, 0.1) is 0 Å². The molecule has 1 fully saturated rings. The summed E-state index contributed by atoms with van der Waals surface area (Å²) in [5, 5.41) is 3.93. The lowest BCUT2D eigenvalue weighted by Crippen LogP contribution is -2.64. The van der Waals surface area contributed by atoms with Crippen molar-refractivity contribution in [3.63, 3.8) is 0 Å². The molecule has 1 atom stereocenters. The van der Waals surface area contributed by atoms with Crippen molar-refractivity contribution in [3.8, 4) is 0 Å². The van der Waals surface area contributed by atoms with Gasteiger partial charge in [0, 0.05) is 17.6 Å². The number of carbonyl (C=O) groups excluding carboxylic acids is 2. The number of hydrogen-bond donors (Lipinski definition) is 1. The molecule has 7 heteroatoms. The van der Waals surface area contributed by atoms with Crippen molar-refractivity contribution in [3.05, 3.63) is 64.9 Å². The Morgan fingerprint density at radius 2 is 1.82 bits per heavy atom. The van der Waals surface area contributed by atoms with Crippen molar-refractivity contribution in [2.24, 2.45) is 0 Å². The number of halogens is 1. The normalized spacial score (nSPS) is 21.7. The fourth-order valence-corrected chi connectivity index (χ4v) is 5.55. The molecular weight excluding hydrogens is 448 g/mol. The summed E-state index contributed by atoms with van der Waals surface area (Å²) in [4.78, 5) is 34.0. The molecular formula is C27H31ClN4O2. The van der Waals surface area contributed by atoms with Gasteiger partial charge >= 0.3 is 0 Å². The van der Waals surface area contributed by atoms with Crippen molar-refractivity contribution in [1.29, 1.82) is 0 Å². The van der Waals surface area contributed by atoms with Gasteiger partial charge < -0.3 is 14.8 Å². The number of aromatic nitrogens is 2. The van der Waals surface area contributed by atoms with Gasteiger partial charge in [0.1, 0.15) is 5.54 Å². The Hall–Kier alpha value is -2.86. The molecule has 2 aromatic carbocycles. The standard InChI is InChI=1S/C27H31ClN4O2/c1-27(26(34)29-21-12-5-3-2-4-6-13-21)18-31-23-15-8-7-14-22(23)30-24(31)25(33)32(27)17-19-10-9-11-20(28)16-19/h7-11,14-16,21H,2-6,12-13,17-18H2,1H3,(H,29,34). The van der Waals surface area contributed by atoms with Crippen LogP contribution in [-0.2, 0) is 17.9 Å². The summed E-state index contributed by atoms with van der Waals surface area (Å²) < 4.78 is 1.91. The number of para-hydroxylation sites is 2. The van der Waals surface area contributed by atoms with Crippen molar-refractivity contribution >= 4 is 34.4 Å². The molecule has 1 aliphatic heterocycles. The molecule has 5 rings (SSSR count). The molecule has 34 heavy (non-hydrogen) atoms. The zero-order valence-electron chi connectivity index (χ0n) is 19.6. The van der Waals surface area contributed by atoms with Crippen molar-refractivity contribution < 1.29 is 9.59 Å². The SMILES string of the molecule is CC1(C(=O)NC2CCCCCCC2)Cn2c(nc3ccccc32)C(=O)N1Cc1cccc(Cl)c1. The third kappa shape index (κ3) is 4.31. The van der Waals surface area contributed by atoms with E-state index in [1.54, 1.807) is 4.90 Å². The number of amides is 2. The average Bonchev–Trinajstić information content (AvgIpc) is 3.17. The Bertz CT molecular complexity index is 1210. The topological polar surface area (TPSA) is 67.2 Å². The van der Waals surface area contributed by atoms with Crippen molar-refractivity contribution in [2.75, 3.05) is 0 Å². The Morgan fingerprint density at radius 3 is 2.59 bits per heavy atom. The molecule has 1 unspecified atom stereocenters. The predicted octanol–water partition coefficient (Wildman–Crippen LogP) is 5.33. The monoisotopic (exact) mass is 478 g/mol. The molecule has 2 aliphatic rings. The summed E-state index contributed by atoms with van der Waals surface area (Å²) in [7, 11) is 0. The van der Waals surface area contributed by atoms with Gasteiger partial charge in [-0.25, -0.2) is 4.98 Å². The van der Waals surface area contributed by atoms with Crippen LogP contribution in [0.15, 0.2) is 48.5 Å². The van der Waals surface area contributed by atoms with Gasteiger partial charge in [0.15, 0.2) is 5.82 Å². The average molecular weight is 479 g/mol. The fraction of sp³-hybridized carbons (Fsp3) is 0.444. The zero-order chi connectivity index (χ0) is 23.7. The number of nitrogens with one attached hydrogen (secondary N) is 1. The highest BCUT2D eigenvalue weighted by Crippen LogP contribution is 2.32. The van der Waals surface area contributed by atoms with Gasteiger partial charge in [-0.1, -0.05) is 68.0 Å². The number of benzene rings is 2. The van der Waals surface area contributed by atoms with Crippen molar-refractivity contribution in [2.45, 2.75) is 76.5 Å². The Kier molecular flexibility index (Phi) is 6.34. The molecule has 1 N–H and O–H groups in total. The van der Waals surface area contributed by atoms with E-state index in [0.29, 0.717) is 17.4 Å². The molecule has 6 nitrogen and oxygen atoms in total. The molecule has 1 aromatic heterocycles. The smallest absolute Gasteiger partial charge is 0.291 e. The highest BCUT2D eigenvalue weighted by Gasteiger charge is 2.48. The van der Waals surface area contributed by atoms with Gasteiger partial charge in [-0.05, 0) is 49.6 Å². The quantitative estimate of drug-likeness (QED) is 0.550. The minimum Gasteiger partial charge on any atom is -0.351 e. The molecule has 1 saturated carbocycles. The predicted molar refractivity (Wildman–Crippen MR) is 134 cm³/mol. The number of fused-ring (bicyclic) bond motifs is 3. The Morgan fingerprint density at radius 1 is 1.09 bits per heavy atom. The van der Waals surface area contributed by atoms with E-state index in [4.69, 9.17) is 11.6 Å². The van der Waals surface area contributed by atoms with Gasteiger partial charge in [-0.15, -0.1) is 0 Å². The summed E-state index contributed by atoms with van der Waals surface area (Å²) in [6.45, 7) is 2.52. The molecule has 2 heterocycles. The molecule has 1 aliphatic carbocycles. The van der Waals surface area contributed by atoms with E-state index in [0.717, 1.165) is 42.3 Å². The maximum atomic E-state index is 13.9. The van der Waals surface area contributed by atoms with Crippen molar-refractivity contribution in [1.82, 2.24) is 19.8 Å². The third-order valence-corrected chi connectivity index (χ3v) is 7.55. The first kappa shape index (κ1) is 22.9. The third-order valence-electron chi connectivity index (χ3n) is 7.31. The number of imidazole rings is 1. The molecule has 2 amide bonds. The van der Waals surface area contributed by atoms with E-state index >= 15 is 0 Å². The minimum absolute atomic E-state index is 0.100. The number of rotatable bonds is 4. The van der Waals surface area contributed by atoms with E-state index in [9.17, 15) is 9.59 Å². The van der Waals surface area contributed by atoms with Crippen LogP contribution < -0.4 is 5.32 Å². The molecule has 0 saturated heterocycles. The first-order chi connectivity index (χ1) is 16.5. The summed E-state index contributed by atoms with van der Waals surface area (Å²) >= 11 is 6.23. The molecule has 0 spiro atoms. The highest BCUT2D eigenvalue weighted by atomic mass is 35.5. The van der Waals surface area contributed by atoms with Crippen LogP contribution in [-0.4, -0.2) is 37.8 Å². The summed E-state index contributed by atoms with van der Waals surface area (Å²) in [6, 6.07) is 15.3. The van der Waals surface area contributed by atoms with Crippen LogP contribution in [0.5, 0.6) is 0 Å². The maximum Gasteiger partial charge on any atom is 0.291 e. The molecule has 3 aromatic rings.